The minimum absolute atomic E-state index is 0.129. The topological polar surface area (TPSA) is 114 Å². The van der Waals surface area contributed by atoms with Crippen LogP contribution in [0, 0.1) is 6.92 Å². The molecule has 8 heteroatoms. The summed E-state index contributed by atoms with van der Waals surface area (Å²) in [6.45, 7) is 6.33. The standard InChI is InChI=1S/C19H27N7O/c1-5-15(12(3)27)23-19-24-17(16-18(25-19)26(4)10-22-16)21-9-13-8-11(2)6-7-14(13)20/h6-8,10,12,15,27H,5,9,20H2,1-4H3,(H2,21,23,24,25). The third-order valence-corrected chi connectivity index (χ3v) is 4.64. The zero-order valence-corrected chi connectivity index (χ0v) is 16.2. The van der Waals surface area contributed by atoms with Crippen LogP contribution in [-0.2, 0) is 13.6 Å². The summed E-state index contributed by atoms with van der Waals surface area (Å²) in [5.74, 6) is 1.09. The SMILES string of the molecule is CCC(Nc1nc(NCc2cc(C)ccc2N)c2ncn(C)c2n1)C(C)O. The molecule has 2 atom stereocenters. The molecule has 0 bridgehead atoms. The Balaban J connectivity index is 1.92. The lowest BCUT2D eigenvalue weighted by molar-refractivity contribution is 0.169. The molecule has 0 spiro atoms. The first-order chi connectivity index (χ1) is 12.9. The van der Waals surface area contributed by atoms with E-state index < -0.39 is 6.10 Å². The Hall–Kier alpha value is -2.87. The number of benzene rings is 1. The van der Waals surface area contributed by atoms with Gasteiger partial charge in [-0.05, 0) is 31.9 Å². The minimum Gasteiger partial charge on any atom is -0.398 e. The number of aliphatic hydroxyl groups is 1. The molecule has 2 unspecified atom stereocenters. The Morgan fingerprint density at radius 2 is 2.07 bits per heavy atom. The summed E-state index contributed by atoms with van der Waals surface area (Å²) in [4.78, 5) is 13.6. The second kappa shape index (κ2) is 7.79. The van der Waals surface area contributed by atoms with Gasteiger partial charge < -0.3 is 26.0 Å². The lowest BCUT2D eigenvalue weighted by Gasteiger charge is -2.20. The van der Waals surface area contributed by atoms with E-state index in [9.17, 15) is 5.11 Å². The van der Waals surface area contributed by atoms with Crippen LogP contribution in [0.5, 0.6) is 0 Å². The fraction of sp³-hybridized carbons (Fsp3) is 0.421. The summed E-state index contributed by atoms with van der Waals surface area (Å²) in [7, 11) is 1.89. The number of imidazole rings is 1. The molecule has 5 N–H and O–H groups in total. The van der Waals surface area contributed by atoms with Crippen LogP contribution >= 0.6 is 0 Å². The Bertz CT molecular complexity index is 935. The molecule has 3 rings (SSSR count). The second-order valence-electron chi connectivity index (χ2n) is 6.88. The van der Waals surface area contributed by atoms with Gasteiger partial charge in [-0.2, -0.15) is 9.97 Å². The molecule has 3 aromatic rings. The molecular weight excluding hydrogens is 342 g/mol. The zero-order valence-electron chi connectivity index (χ0n) is 16.2. The van der Waals surface area contributed by atoms with Gasteiger partial charge in [0.25, 0.3) is 0 Å². The largest absolute Gasteiger partial charge is 0.398 e. The molecule has 0 amide bonds. The Kier molecular flexibility index (Phi) is 5.46. The fourth-order valence-electron chi connectivity index (χ4n) is 2.99. The summed E-state index contributed by atoms with van der Waals surface area (Å²) in [6, 6.07) is 5.82. The van der Waals surface area contributed by atoms with E-state index in [4.69, 9.17) is 5.73 Å². The van der Waals surface area contributed by atoms with E-state index in [2.05, 4.69) is 31.7 Å². The molecule has 8 nitrogen and oxygen atoms in total. The number of nitrogen functional groups attached to an aromatic ring is 1. The first-order valence-corrected chi connectivity index (χ1v) is 9.11. The summed E-state index contributed by atoms with van der Waals surface area (Å²) in [5.41, 5.74) is 10.4. The van der Waals surface area contributed by atoms with Crippen molar-refractivity contribution in [3.8, 4) is 0 Å². The van der Waals surface area contributed by atoms with Crippen molar-refractivity contribution in [2.75, 3.05) is 16.4 Å². The maximum absolute atomic E-state index is 9.91. The van der Waals surface area contributed by atoms with Crippen LogP contribution in [0.25, 0.3) is 11.2 Å². The van der Waals surface area contributed by atoms with Crippen molar-refractivity contribution in [3.05, 3.63) is 35.7 Å². The number of fused-ring (bicyclic) bond motifs is 1. The molecule has 0 aliphatic rings. The number of nitrogens with two attached hydrogens (primary N) is 1. The molecule has 144 valence electrons. The van der Waals surface area contributed by atoms with Crippen LogP contribution in [0.15, 0.2) is 24.5 Å². The Morgan fingerprint density at radius 3 is 2.78 bits per heavy atom. The summed E-state index contributed by atoms with van der Waals surface area (Å²) in [6.07, 6.45) is 1.96. The minimum atomic E-state index is -0.510. The van der Waals surface area contributed by atoms with Gasteiger partial charge in [0.1, 0.15) is 0 Å². The van der Waals surface area contributed by atoms with Gasteiger partial charge in [-0.1, -0.05) is 24.6 Å². The van der Waals surface area contributed by atoms with Crippen molar-refractivity contribution in [2.24, 2.45) is 7.05 Å². The lowest BCUT2D eigenvalue weighted by Crippen LogP contribution is -2.31. The second-order valence-corrected chi connectivity index (χ2v) is 6.88. The molecule has 0 aliphatic heterocycles. The third kappa shape index (κ3) is 4.11. The van der Waals surface area contributed by atoms with Crippen LogP contribution in [0.2, 0.25) is 0 Å². The van der Waals surface area contributed by atoms with Crippen LogP contribution < -0.4 is 16.4 Å². The number of aryl methyl sites for hydroxylation is 2. The van der Waals surface area contributed by atoms with Gasteiger partial charge >= 0.3 is 0 Å². The summed E-state index contributed by atoms with van der Waals surface area (Å²) >= 11 is 0. The molecule has 27 heavy (non-hydrogen) atoms. The first-order valence-electron chi connectivity index (χ1n) is 9.11. The lowest BCUT2D eigenvalue weighted by atomic mass is 10.1. The van der Waals surface area contributed by atoms with Crippen LogP contribution in [-0.4, -0.2) is 36.8 Å². The molecule has 2 heterocycles. The van der Waals surface area contributed by atoms with E-state index >= 15 is 0 Å². The maximum atomic E-state index is 9.91. The number of rotatable bonds is 7. The van der Waals surface area contributed by atoms with Gasteiger partial charge in [-0.25, -0.2) is 4.98 Å². The fourth-order valence-corrected chi connectivity index (χ4v) is 2.99. The van der Waals surface area contributed by atoms with Crippen molar-refractivity contribution < 1.29 is 5.11 Å². The summed E-state index contributed by atoms with van der Waals surface area (Å²) < 4.78 is 1.84. The average Bonchev–Trinajstić information content (AvgIpc) is 3.01. The highest BCUT2D eigenvalue weighted by Crippen LogP contribution is 2.23. The zero-order chi connectivity index (χ0) is 19.6. The van der Waals surface area contributed by atoms with E-state index in [1.807, 2.05) is 37.6 Å². The molecule has 2 aromatic heterocycles. The number of nitrogens with one attached hydrogen (secondary N) is 2. The molecule has 1 aromatic carbocycles. The normalized spacial score (nSPS) is 13.5. The van der Waals surface area contributed by atoms with Crippen molar-refractivity contribution >= 4 is 28.6 Å². The quantitative estimate of drug-likeness (QED) is 0.473. The Morgan fingerprint density at radius 1 is 1.30 bits per heavy atom. The molecular formula is C19H27N7O. The molecule has 0 saturated carbocycles. The van der Waals surface area contributed by atoms with Gasteiger partial charge in [0, 0.05) is 19.3 Å². The third-order valence-electron chi connectivity index (χ3n) is 4.64. The predicted octanol–water partition coefficient (Wildman–Crippen LogP) is 2.44. The highest BCUT2D eigenvalue weighted by molar-refractivity contribution is 5.84. The number of aromatic nitrogens is 4. The number of hydrogen-bond donors (Lipinski definition) is 4. The van der Waals surface area contributed by atoms with E-state index in [0.29, 0.717) is 29.5 Å². The van der Waals surface area contributed by atoms with Crippen molar-refractivity contribution in [3.63, 3.8) is 0 Å². The van der Waals surface area contributed by atoms with E-state index in [0.717, 1.165) is 23.2 Å². The van der Waals surface area contributed by atoms with Crippen LogP contribution in [0.4, 0.5) is 17.5 Å². The predicted molar refractivity (Wildman–Crippen MR) is 109 cm³/mol. The van der Waals surface area contributed by atoms with Gasteiger partial charge in [-0.3, -0.25) is 0 Å². The monoisotopic (exact) mass is 369 g/mol. The smallest absolute Gasteiger partial charge is 0.227 e. The van der Waals surface area contributed by atoms with Crippen LogP contribution in [0.1, 0.15) is 31.4 Å². The van der Waals surface area contributed by atoms with Crippen molar-refractivity contribution in [1.82, 2.24) is 19.5 Å². The number of hydrogen-bond acceptors (Lipinski definition) is 7. The molecule has 0 aliphatic carbocycles. The summed E-state index contributed by atoms with van der Waals surface area (Å²) in [5, 5.41) is 16.5. The number of nitrogens with zero attached hydrogens (tertiary/aromatic N) is 4. The van der Waals surface area contributed by atoms with E-state index in [1.54, 1.807) is 13.3 Å². The maximum Gasteiger partial charge on any atom is 0.227 e. The highest BCUT2D eigenvalue weighted by Gasteiger charge is 2.17. The number of aliphatic hydroxyl groups excluding tert-OH is 1. The van der Waals surface area contributed by atoms with E-state index in [-0.39, 0.29) is 6.04 Å². The van der Waals surface area contributed by atoms with Gasteiger partial charge in [0.2, 0.25) is 5.95 Å². The first kappa shape index (κ1) is 18.9. The molecule has 0 fully saturated rings. The molecule has 0 radical (unpaired) electrons. The van der Waals surface area contributed by atoms with Crippen LogP contribution in [0.3, 0.4) is 0 Å². The number of anilines is 3. The van der Waals surface area contributed by atoms with E-state index in [1.165, 1.54) is 0 Å². The van der Waals surface area contributed by atoms with Gasteiger partial charge in [-0.15, -0.1) is 0 Å². The van der Waals surface area contributed by atoms with Gasteiger partial charge in [0.05, 0.1) is 18.5 Å². The highest BCUT2D eigenvalue weighted by atomic mass is 16.3. The average molecular weight is 369 g/mol. The Labute approximate surface area is 158 Å². The van der Waals surface area contributed by atoms with Crippen molar-refractivity contribution in [2.45, 2.75) is 45.9 Å². The van der Waals surface area contributed by atoms with Gasteiger partial charge in [0.15, 0.2) is 17.0 Å². The molecule has 0 saturated heterocycles. The van der Waals surface area contributed by atoms with Crippen molar-refractivity contribution in [1.29, 1.82) is 0 Å².